The molecule has 4 heterocycles. The Kier molecular flexibility index (Phi) is 4.30. The van der Waals surface area contributed by atoms with Gasteiger partial charge in [-0.05, 0) is 18.2 Å². The Bertz CT molecular complexity index is 1240. The molecule has 1 aliphatic rings. The van der Waals surface area contributed by atoms with Crippen LogP contribution in [0.4, 0.5) is 8.78 Å². The fourth-order valence-electron chi connectivity index (χ4n) is 3.63. The first-order chi connectivity index (χ1) is 14.5. The Morgan fingerprint density at radius 3 is 2.93 bits per heavy atom. The standard InChI is InChI=1S/C21H17F2N5O2/c22-21(23)8-10-28(20(29)14-7-9-24-19-18(14)25-12-26-19)11-16(21)30-17-6-5-13-3-1-2-4-15(13)27-17/h1-7,9,12,16H,8,10-11H2,(H,24,25,26). The highest BCUT2D eigenvalue weighted by atomic mass is 19.3. The summed E-state index contributed by atoms with van der Waals surface area (Å²) in [5.74, 6) is -3.35. The van der Waals surface area contributed by atoms with E-state index in [1.165, 1.54) is 17.4 Å². The molecule has 152 valence electrons. The molecule has 1 saturated heterocycles. The van der Waals surface area contributed by atoms with Crippen LogP contribution in [0.2, 0.25) is 0 Å². The zero-order valence-electron chi connectivity index (χ0n) is 15.8. The molecule has 0 radical (unpaired) electrons. The van der Waals surface area contributed by atoms with Crippen LogP contribution in [0.1, 0.15) is 16.8 Å². The zero-order chi connectivity index (χ0) is 20.7. The maximum atomic E-state index is 14.6. The van der Waals surface area contributed by atoms with Crippen LogP contribution in [0, 0.1) is 0 Å². The molecule has 7 nitrogen and oxygen atoms in total. The highest BCUT2D eigenvalue weighted by Gasteiger charge is 2.47. The quantitative estimate of drug-likeness (QED) is 0.560. The number of halogens is 2. The number of hydrogen-bond acceptors (Lipinski definition) is 5. The molecule has 1 N–H and O–H groups in total. The average Bonchev–Trinajstić information content (AvgIpc) is 3.23. The van der Waals surface area contributed by atoms with E-state index in [-0.39, 0.29) is 24.9 Å². The molecule has 1 fully saturated rings. The lowest BCUT2D eigenvalue weighted by Crippen LogP contribution is -2.55. The van der Waals surface area contributed by atoms with Gasteiger partial charge < -0.3 is 14.6 Å². The summed E-state index contributed by atoms with van der Waals surface area (Å²) in [5.41, 5.74) is 1.87. The predicted molar refractivity (Wildman–Crippen MR) is 106 cm³/mol. The summed E-state index contributed by atoms with van der Waals surface area (Å²) in [5, 5.41) is 0.887. The number of rotatable bonds is 3. The van der Waals surface area contributed by atoms with Gasteiger partial charge in [-0.3, -0.25) is 4.79 Å². The molecular formula is C21H17F2N5O2. The largest absolute Gasteiger partial charge is 0.466 e. The van der Waals surface area contributed by atoms with Gasteiger partial charge in [0, 0.05) is 30.6 Å². The third-order valence-corrected chi connectivity index (χ3v) is 5.25. The second-order valence-electron chi connectivity index (χ2n) is 7.17. The van der Waals surface area contributed by atoms with Crippen molar-refractivity contribution in [2.45, 2.75) is 18.4 Å². The Hall–Kier alpha value is -3.62. The maximum Gasteiger partial charge on any atom is 0.287 e. The van der Waals surface area contributed by atoms with Crippen molar-refractivity contribution in [1.82, 2.24) is 24.8 Å². The molecule has 1 aromatic carbocycles. The number of aromatic amines is 1. The highest BCUT2D eigenvalue weighted by molar-refractivity contribution is 6.03. The zero-order valence-corrected chi connectivity index (χ0v) is 15.8. The molecule has 4 aromatic rings. The van der Waals surface area contributed by atoms with E-state index in [9.17, 15) is 13.6 Å². The number of para-hydroxylation sites is 1. The lowest BCUT2D eigenvalue weighted by molar-refractivity contribution is -0.131. The lowest BCUT2D eigenvalue weighted by atomic mass is 10.0. The van der Waals surface area contributed by atoms with Gasteiger partial charge >= 0.3 is 0 Å². The maximum absolute atomic E-state index is 14.6. The average molecular weight is 409 g/mol. The summed E-state index contributed by atoms with van der Waals surface area (Å²) in [6, 6.07) is 12.3. The summed E-state index contributed by atoms with van der Waals surface area (Å²) >= 11 is 0. The number of pyridine rings is 2. The van der Waals surface area contributed by atoms with E-state index in [0.717, 1.165) is 5.39 Å². The number of aromatic nitrogens is 4. The number of amides is 1. The van der Waals surface area contributed by atoms with Crippen LogP contribution in [-0.4, -0.2) is 55.9 Å². The molecule has 1 unspecified atom stereocenters. The number of nitrogens with one attached hydrogen (secondary N) is 1. The summed E-state index contributed by atoms with van der Waals surface area (Å²) in [6.07, 6.45) is 0.926. The molecule has 0 saturated carbocycles. The van der Waals surface area contributed by atoms with Gasteiger partial charge in [0.05, 0.1) is 29.5 Å². The number of carbonyl (C=O) groups is 1. The second-order valence-corrected chi connectivity index (χ2v) is 7.17. The number of imidazole rings is 1. The molecule has 1 amide bonds. The Balaban J connectivity index is 1.40. The first-order valence-electron chi connectivity index (χ1n) is 9.49. The van der Waals surface area contributed by atoms with E-state index in [1.807, 2.05) is 18.2 Å². The topological polar surface area (TPSA) is 84.0 Å². The molecular weight excluding hydrogens is 392 g/mol. The summed E-state index contributed by atoms with van der Waals surface area (Å²) in [4.78, 5) is 29.7. The van der Waals surface area contributed by atoms with Gasteiger partial charge in [0.15, 0.2) is 11.8 Å². The molecule has 5 rings (SSSR count). The third kappa shape index (κ3) is 3.22. The number of likely N-dealkylation sites (tertiary alicyclic amines) is 1. The van der Waals surface area contributed by atoms with Gasteiger partial charge in [-0.1, -0.05) is 18.2 Å². The normalized spacial score (nSPS) is 18.6. The number of hydrogen-bond donors (Lipinski definition) is 1. The van der Waals surface area contributed by atoms with Crippen LogP contribution in [0.3, 0.4) is 0 Å². The fraction of sp³-hybridized carbons (Fsp3) is 0.238. The van der Waals surface area contributed by atoms with Crippen LogP contribution in [-0.2, 0) is 0 Å². The van der Waals surface area contributed by atoms with Crippen molar-refractivity contribution in [1.29, 1.82) is 0 Å². The first kappa shape index (κ1) is 18.4. The van der Waals surface area contributed by atoms with Gasteiger partial charge in [-0.15, -0.1) is 0 Å². The summed E-state index contributed by atoms with van der Waals surface area (Å²) in [7, 11) is 0. The minimum atomic E-state index is -3.08. The van der Waals surface area contributed by atoms with Gasteiger partial charge in [-0.2, -0.15) is 0 Å². The first-order valence-corrected chi connectivity index (χ1v) is 9.49. The van der Waals surface area contributed by atoms with Crippen molar-refractivity contribution >= 4 is 28.0 Å². The van der Waals surface area contributed by atoms with E-state index in [4.69, 9.17) is 4.74 Å². The minimum absolute atomic E-state index is 0.0746. The summed E-state index contributed by atoms with van der Waals surface area (Å²) < 4.78 is 34.8. The van der Waals surface area contributed by atoms with Crippen molar-refractivity contribution in [2.75, 3.05) is 13.1 Å². The SMILES string of the molecule is O=C(c1ccnc2nc[nH]c12)N1CCC(F)(F)C(Oc2ccc3ccccc3n2)C1. The Morgan fingerprint density at radius 1 is 1.17 bits per heavy atom. The number of H-pyrrole nitrogens is 1. The van der Waals surface area contributed by atoms with Gasteiger partial charge in [0.1, 0.15) is 0 Å². The van der Waals surface area contributed by atoms with E-state index in [0.29, 0.717) is 22.2 Å². The molecule has 9 heteroatoms. The monoisotopic (exact) mass is 409 g/mol. The fourth-order valence-corrected chi connectivity index (χ4v) is 3.63. The number of ether oxygens (including phenoxy) is 1. The molecule has 0 bridgehead atoms. The smallest absolute Gasteiger partial charge is 0.287 e. The number of benzene rings is 1. The van der Waals surface area contributed by atoms with E-state index >= 15 is 0 Å². The Labute approximate surface area is 169 Å². The van der Waals surface area contributed by atoms with Crippen LogP contribution < -0.4 is 4.74 Å². The van der Waals surface area contributed by atoms with Gasteiger partial charge in [0.25, 0.3) is 11.8 Å². The minimum Gasteiger partial charge on any atom is -0.466 e. The number of carbonyl (C=O) groups excluding carboxylic acids is 1. The van der Waals surface area contributed by atoms with Crippen LogP contribution in [0.15, 0.2) is 55.0 Å². The van der Waals surface area contributed by atoms with E-state index in [2.05, 4.69) is 19.9 Å². The summed E-state index contributed by atoms with van der Waals surface area (Å²) in [6.45, 7) is -0.326. The molecule has 3 aromatic heterocycles. The lowest BCUT2D eigenvalue weighted by Gasteiger charge is -2.38. The van der Waals surface area contributed by atoms with Gasteiger partial charge in [-0.25, -0.2) is 23.7 Å². The van der Waals surface area contributed by atoms with Gasteiger partial charge in [0.2, 0.25) is 5.88 Å². The van der Waals surface area contributed by atoms with Crippen molar-refractivity contribution in [3.8, 4) is 5.88 Å². The van der Waals surface area contributed by atoms with Crippen LogP contribution in [0.25, 0.3) is 22.1 Å². The van der Waals surface area contributed by atoms with Crippen molar-refractivity contribution < 1.29 is 18.3 Å². The number of fused-ring (bicyclic) bond motifs is 2. The molecule has 0 spiro atoms. The third-order valence-electron chi connectivity index (χ3n) is 5.25. The molecule has 0 aliphatic carbocycles. The van der Waals surface area contributed by atoms with E-state index < -0.39 is 18.4 Å². The van der Waals surface area contributed by atoms with Crippen molar-refractivity contribution in [3.05, 3.63) is 60.6 Å². The van der Waals surface area contributed by atoms with Crippen molar-refractivity contribution in [2.24, 2.45) is 0 Å². The predicted octanol–water partition coefficient (Wildman–Crippen LogP) is 3.43. The molecule has 30 heavy (non-hydrogen) atoms. The van der Waals surface area contributed by atoms with Crippen LogP contribution in [0.5, 0.6) is 5.88 Å². The number of alkyl halides is 2. The number of nitrogens with zero attached hydrogens (tertiary/aromatic N) is 4. The Morgan fingerprint density at radius 2 is 2.03 bits per heavy atom. The number of piperidine rings is 1. The van der Waals surface area contributed by atoms with E-state index in [1.54, 1.807) is 24.3 Å². The molecule has 1 aliphatic heterocycles. The highest BCUT2D eigenvalue weighted by Crippen LogP contribution is 2.32. The van der Waals surface area contributed by atoms with Crippen LogP contribution >= 0.6 is 0 Å². The second kappa shape index (κ2) is 7.01. The van der Waals surface area contributed by atoms with Crippen molar-refractivity contribution in [3.63, 3.8) is 0 Å². The molecule has 1 atom stereocenters.